The SMILES string of the molecule is O=C(O)c1[nH]c2cc(O)ccc2c(=O)c1O. The van der Waals surface area contributed by atoms with E-state index in [9.17, 15) is 19.8 Å². The molecule has 6 nitrogen and oxygen atoms in total. The van der Waals surface area contributed by atoms with E-state index in [-0.39, 0.29) is 16.7 Å². The largest absolute Gasteiger partial charge is 0.508 e. The summed E-state index contributed by atoms with van der Waals surface area (Å²) in [6.45, 7) is 0. The van der Waals surface area contributed by atoms with E-state index in [0.29, 0.717) is 0 Å². The number of benzene rings is 1. The number of aromatic amines is 1. The van der Waals surface area contributed by atoms with E-state index in [4.69, 9.17) is 5.11 Å². The minimum absolute atomic E-state index is 0.106. The van der Waals surface area contributed by atoms with Gasteiger partial charge in [-0.1, -0.05) is 0 Å². The van der Waals surface area contributed by atoms with Crippen LogP contribution in [0, 0.1) is 0 Å². The molecule has 1 heterocycles. The Balaban J connectivity index is 2.94. The van der Waals surface area contributed by atoms with Gasteiger partial charge in [-0.2, -0.15) is 0 Å². The Morgan fingerprint density at radius 2 is 1.94 bits per heavy atom. The second kappa shape index (κ2) is 3.27. The normalized spacial score (nSPS) is 10.5. The van der Waals surface area contributed by atoms with Crippen LogP contribution in [-0.2, 0) is 0 Å². The Morgan fingerprint density at radius 1 is 1.25 bits per heavy atom. The van der Waals surface area contributed by atoms with Crippen LogP contribution in [0.15, 0.2) is 23.0 Å². The van der Waals surface area contributed by atoms with Crippen LogP contribution < -0.4 is 5.43 Å². The van der Waals surface area contributed by atoms with Crippen molar-refractivity contribution in [3.63, 3.8) is 0 Å². The lowest BCUT2D eigenvalue weighted by atomic mass is 10.1. The van der Waals surface area contributed by atoms with Gasteiger partial charge in [0.2, 0.25) is 5.43 Å². The number of carbonyl (C=O) groups is 1. The molecule has 0 radical (unpaired) electrons. The quantitative estimate of drug-likeness (QED) is 0.564. The van der Waals surface area contributed by atoms with E-state index in [0.717, 1.165) is 0 Å². The first kappa shape index (κ1) is 10.0. The summed E-state index contributed by atoms with van der Waals surface area (Å²) in [6.07, 6.45) is 0. The zero-order valence-corrected chi connectivity index (χ0v) is 7.89. The van der Waals surface area contributed by atoms with E-state index in [1.165, 1.54) is 18.2 Å². The first-order valence-electron chi connectivity index (χ1n) is 4.32. The van der Waals surface area contributed by atoms with E-state index in [2.05, 4.69) is 4.98 Å². The first-order chi connectivity index (χ1) is 7.50. The van der Waals surface area contributed by atoms with Crippen molar-refractivity contribution in [1.29, 1.82) is 0 Å². The fourth-order valence-corrected chi connectivity index (χ4v) is 1.42. The molecule has 16 heavy (non-hydrogen) atoms. The highest BCUT2D eigenvalue weighted by Crippen LogP contribution is 2.19. The predicted octanol–water partition coefficient (Wildman–Crippen LogP) is 0.637. The van der Waals surface area contributed by atoms with Gasteiger partial charge in [0.1, 0.15) is 5.75 Å². The predicted molar refractivity (Wildman–Crippen MR) is 54.9 cm³/mol. The van der Waals surface area contributed by atoms with Gasteiger partial charge in [0.15, 0.2) is 11.4 Å². The number of H-pyrrole nitrogens is 1. The third-order valence-electron chi connectivity index (χ3n) is 2.17. The fourth-order valence-electron chi connectivity index (χ4n) is 1.42. The second-order valence-corrected chi connectivity index (χ2v) is 3.21. The van der Waals surface area contributed by atoms with Gasteiger partial charge < -0.3 is 20.3 Å². The van der Waals surface area contributed by atoms with E-state index < -0.39 is 22.8 Å². The molecule has 0 atom stereocenters. The highest BCUT2D eigenvalue weighted by molar-refractivity contribution is 5.93. The molecule has 0 spiro atoms. The van der Waals surface area contributed by atoms with Crippen LogP contribution in [0.3, 0.4) is 0 Å². The summed E-state index contributed by atoms with van der Waals surface area (Å²) >= 11 is 0. The monoisotopic (exact) mass is 221 g/mol. The van der Waals surface area contributed by atoms with Crippen molar-refractivity contribution in [3.05, 3.63) is 34.1 Å². The average Bonchev–Trinajstić information content (AvgIpc) is 2.22. The molecular weight excluding hydrogens is 214 g/mol. The summed E-state index contributed by atoms with van der Waals surface area (Å²) < 4.78 is 0. The Labute approximate surface area is 88.4 Å². The number of aromatic nitrogens is 1. The molecule has 0 saturated carbocycles. The van der Waals surface area contributed by atoms with Gasteiger partial charge in [0.25, 0.3) is 0 Å². The molecule has 82 valence electrons. The van der Waals surface area contributed by atoms with Crippen LogP contribution in [0.5, 0.6) is 11.5 Å². The van der Waals surface area contributed by atoms with Gasteiger partial charge in [-0.25, -0.2) is 4.79 Å². The zero-order valence-electron chi connectivity index (χ0n) is 7.89. The molecule has 4 N–H and O–H groups in total. The smallest absolute Gasteiger partial charge is 0.356 e. The van der Waals surface area contributed by atoms with Crippen LogP contribution in [0.1, 0.15) is 10.5 Å². The molecule has 2 rings (SSSR count). The molecule has 0 aliphatic heterocycles. The summed E-state index contributed by atoms with van der Waals surface area (Å²) in [5, 5.41) is 27.4. The first-order valence-corrected chi connectivity index (χ1v) is 4.32. The van der Waals surface area contributed by atoms with Crippen LogP contribution in [-0.4, -0.2) is 26.3 Å². The van der Waals surface area contributed by atoms with E-state index in [1.54, 1.807) is 0 Å². The minimum atomic E-state index is -1.44. The van der Waals surface area contributed by atoms with Crippen molar-refractivity contribution in [1.82, 2.24) is 4.98 Å². The van der Waals surface area contributed by atoms with Crippen LogP contribution >= 0.6 is 0 Å². The summed E-state index contributed by atoms with van der Waals surface area (Å²) in [7, 11) is 0. The maximum Gasteiger partial charge on any atom is 0.356 e. The topological polar surface area (TPSA) is 111 Å². The number of aromatic hydroxyl groups is 2. The maximum atomic E-state index is 11.5. The molecule has 0 saturated heterocycles. The van der Waals surface area contributed by atoms with Gasteiger partial charge in [-0.05, 0) is 12.1 Å². The number of carboxylic acids is 1. The Morgan fingerprint density at radius 3 is 2.56 bits per heavy atom. The molecular formula is C10H7NO5. The Kier molecular flexibility index (Phi) is 2.05. The van der Waals surface area contributed by atoms with Gasteiger partial charge >= 0.3 is 5.97 Å². The molecule has 1 aromatic carbocycles. The highest BCUT2D eigenvalue weighted by Gasteiger charge is 2.16. The maximum absolute atomic E-state index is 11.5. The number of phenolic OH excluding ortho intramolecular Hbond substituents is 1. The fraction of sp³-hybridized carbons (Fsp3) is 0. The molecule has 0 aliphatic carbocycles. The average molecular weight is 221 g/mol. The van der Waals surface area contributed by atoms with Gasteiger partial charge in [0, 0.05) is 11.5 Å². The molecule has 0 amide bonds. The molecule has 1 aromatic heterocycles. The number of hydrogen-bond donors (Lipinski definition) is 4. The summed E-state index contributed by atoms with van der Waals surface area (Å²) in [5.41, 5.74) is -1.23. The summed E-state index contributed by atoms with van der Waals surface area (Å²) in [6, 6.07) is 3.79. The Hall–Kier alpha value is -2.50. The number of nitrogens with one attached hydrogen (secondary N) is 1. The van der Waals surface area contributed by atoms with Gasteiger partial charge in [0.05, 0.1) is 5.52 Å². The minimum Gasteiger partial charge on any atom is -0.508 e. The van der Waals surface area contributed by atoms with Gasteiger partial charge in [-0.15, -0.1) is 0 Å². The molecule has 6 heteroatoms. The molecule has 0 aliphatic rings. The van der Waals surface area contributed by atoms with Crippen molar-refractivity contribution in [2.45, 2.75) is 0 Å². The number of pyridine rings is 1. The van der Waals surface area contributed by atoms with E-state index >= 15 is 0 Å². The number of carboxylic acid groups (broad SMARTS) is 1. The third kappa shape index (κ3) is 1.36. The van der Waals surface area contributed by atoms with Gasteiger partial charge in [-0.3, -0.25) is 4.79 Å². The number of fused-ring (bicyclic) bond motifs is 1. The number of rotatable bonds is 1. The van der Waals surface area contributed by atoms with Crippen LogP contribution in [0.25, 0.3) is 10.9 Å². The van der Waals surface area contributed by atoms with Crippen molar-refractivity contribution in [2.24, 2.45) is 0 Å². The summed E-state index contributed by atoms with van der Waals surface area (Å²) in [4.78, 5) is 24.6. The molecule has 0 bridgehead atoms. The van der Waals surface area contributed by atoms with Crippen LogP contribution in [0.4, 0.5) is 0 Å². The van der Waals surface area contributed by atoms with Crippen molar-refractivity contribution in [2.75, 3.05) is 0 Å². The zero-order chi connectivity index (χ0) is 11.9. The lowest BCUT2D eigenvalue weighted by molar-refractivity contribution is 0.0687. The summed E-state index contributed by atoms with van der Waals surface area (Å²) in [5.74, 6) is -2.39. The molecule has 0 unspecified atom stereocenters. The van der Waals surface area contributed by atoms with Crippen molar-refractivity contribution < 1.29 is 20.1 Å². The third-order valence-corrected chi connectivity index (χ3v) is 2.17. The standard InChI is InChI=1S/C10H7NO5/c12-4-1-2-5-6(3-4)11-7(10(15)16)9(14)8(5)13/h1-3,12,14H,(H,11,13)(H,15,16). The van der Waals surface area contributed by atoms with Crippen molar-refractivity contribution in [3.8, 4) is 11.5 Å². The number of aromatic carboxylic acids is 1. The molecule has 0 fully saturated rings. The highest BCUT2D eigenvalue weighted by atomic mass is 16.4. The lowest BCUT2D eigenvalue weighted by Crippen LogP contribution is -2.10. The van der Waals surface area contributed by atoms with Crippen molar-refractivity contribution >= 4 is 16.9 Å². The number of phenols is 1. The van der Waals surface area contributed by atoms with Crippen LogP contribution in [0.2, 0.25) is 0 Å². The second-order valence-electron chi connectivity index (χ2n) is 3.21. The Bertz CT molecular complexity index is 643. The molecule has 2 aromatic rings. The lowest BCUT2D eigenvalue weighted by Gasteiger charge is -2.03. The van der Waals surface area contributed by atoms with E-state index in [1.807, 2.05) is 0 Å². The number of hydrogen-bond acceptors (Lipinski definition) is 4.